The van der Waals surface area contributed by atoms with Crippen molar-refractivity contribution in [3.63, 3.8) is 0 Å². The lowest BCUT2D eigenvalue weighted by molar-refractivity contribution is 0.464. The Balaban J connectivity index is 3.10. The molecule has 0 unspecified atom stereocenters. The van der Waals surface area contributed by atoms with Gasteiger partial charge in [0.15, 0.2) is 4.29 Å². The summed E-state index contributed by atoms with van der Waals surface area (Å²) in [7, 11) is 0. The molecule has 0 spiro atoms. The molecule has 148 valence electrons. The van der Waals surface area contributed by atoms with Crippen molar-refractivity contribution in [3.05, 3.63) is 71.8 Å². The van der Waals surface area contributed by atoms with Crippen LogP contribution in [0.3, 0.4) is 0 Å². The molecule has 2 aromatic carbocycles. The molecule has 0 aliphatic carbocycles. The summed E-state index contributed by atoms with van der Waals surface area (Å²) in [4.78, 5) is 0. The van der Waals surface area contributed by atoms with E-state index in [2.05, 4.69) is 184 Å². The standard InChI is InChI=1S/C17H10Br10/c18-14(19,16(22,23)24)13(11-7-3-1-4-8-11,12-9-5-2-6-10-12)15(20,21)17(25,26)27/h1-10H. The SMILES string of the molecule is BrC(Br)(Br)C(Br)(Br)C(c1ccccc1)(c1ccccc1)C(Br)(Br)C(Br)(Br)Br. The van der Waals surface area contributed by atoms with Gasteiger partial charge in [0.1, 0.15) is 6.47 Å². The second-order valence-corrected chi connectivity index (χ2v) is 26.0. The highest BCUT2D eigenvalue weighted by Gasteiger charge is 2.72. The molecule has 0 saturated heterocycles. The maximum absolute atomic E-state index is 3.98. The minimum Gasteiger partial charge on any atom is -0.0678 e. The lowest BCUT2D eigenvalue weighted by atomic mass is 9.70. The molecule has 0 heterocycles. The number of benzene rings is 2. The van der Waals surface area contributed by atoms with Gasteiger partial charge in [-0.2, -0.15) is 0 Å². The molecule has 27 heavy (non-hydrogen) atoms. The lowest BCUT2D eigenvalue weighted by Gasteiger charge is -2.57. The first-order valence-electron chi connectivity index (χ1n) is 7.21. The van der Waals surface area contributed by atoms with E-state index >= 15 is 0 Å². The summed E-state index contributed by atoms with van der Waals surface area (Å²) in [6.45, 7) is 0. The number of alkyl halides is 10. The molecular weight excluding hydrogens is 1000 g/mol. The second kappa shape index (κ2) is 9.62. The maximum Gasteiger partial charge on any atom is 0.161 e. The van der Waals surface area contributed by atoms with Crippen LogP contribution < -0.4 is 0 Å². The molecule has 0 saturated carbocycles. The van der Waals surface area contributed by atoms with Gasteiger partial charge < -0.3 is 0 Å². The summed E-state index contributed by atoms with van der Waals surface area (Å²) in [5.41, 5.74) is 1.32. The van der Waals surface area contributed by atoms with Crippen molar-refractivity contribution in [2.24, 2.45) is 0 Å². The van der Waals surface area contributed by atoms with E-state index in [1.54, 1.807) is 0 Å². The average molecular weight is 1010 g/mol. The van der Waals surface area contributed by atoms with E-state index in [4.69, 9.17) is 0 Å². The Kier molecular flexibility index (Phi) is 9.44. The van der Waals surface area contributed by atoms with Crippen LogP contribution in [0.2, 0.25) is 0 Å². The Bertz CT molecular complexity index is 692. The van der Waals surface area contributed by atoms with Crippen LogP contribution in [-0.4, -0.2) is 10.8 Å². The van der Waals surface area contributed by atoms with Crippen LogP contribution in [0.1, 0.15) is 11.1 Å². The molecule has 0 atom stereocenters. The van der Waals surface area contributed by atoms with Crippen molar-refractivity contribution in [1.29, 1.82) is 0 Å². The first-order chi connectivity index (χ1) is 12.2. The second-order valence-electron chi connectivity index (χ2n) is 5.63. The Hall–Kier alpha value is 3.24. The van der Waals surface area contributed by atoms with Gasteiger partial charge in [-0.3, -0.25) is 0 Å². The summed E-state index contributed by atoms with van der Waals surface area (Å²) in [5, 5.41) is 0. The molecule has 0 amide bonds. The number of hydrogen-bond acceptors (Lipinski definition) is 0. The predicted molar refractivity (Wildman–Crippen MR) is 154 cm³/mol. The summed E-state index contributed by atoms with van der Waals surface area (Å²) in [5.74, 6) is 0. The number of hydrogen-bond donors (Lipinski definition) is 0. The average Bonchev–Trinajstić information content (AvgIpc) is 2.55. The smallest absolute Gasteiger partial charge is 0.0678 e. The highest BCUT2D eigenvalue weighted by Crippen LogP contribution is 2.74. The molecule has 2 rings (SSSR count). The molecule has 10 heteroatoms. The van der Waals surface area contributed by atoms with Crippen LogP contribution in [0.15, 0.2) is 60.7 Å². The lowest BCUT2D eigenvalue weighted by Crippen LogP contribution is -2.63. The molecule has 0 aliphatic heterocycles. The zero-order valence-electron chi connectivity index (χ0n) is 13.1. The first-order valence-corrected chi connectivity index (χ1v) is 15.1. The van der Waals surface area contributed by atoms with E-state index in [1.807, 2.05) is 36.4 Å². The number of rotatable bonds is 4. The van der Waals surface area contributed by atoms with Gasteiger partial charge in [-0.05, 0) is 11.1 Å². The van der Waals surface area contributed by atoms with E-state index in [1.165, 1.54) is 0 Å². The fraction of sp³-hybridized carbons (Fsp3) is 0.294. The van der Waals surface area contributed by atoms with E-state index < -0.39 is 16.2 Å². The van der Waals surface area contributed by atoms with Crippen LogP contribution in [0.4, 0.5) is 0 Å². The summed E-state index contributed by atoms with van der Waals surface area (Å²) in [6.07, 6.45) is 0. The highest BCUT2D eigenvalue weighted by atomic mass is 80.0. The van der Waals surface area contributed by atoms with Crippen molar-refractivity contribution in [1.82, 2.24) is 0 Å². The van der Waals surface area contributed by atoms with Crippen molar-refractivity contribution in [2.45, 2.75) is 16.2 Å². The molecule has 0 aromatic heterocycles. The van der Waals surface area contributed by atoms with Crippen molar-refractivity contribution >= 4 is 159 Å². The fourth-order valence-electron chi connectivity index (χ4n) is 2.89. The molecule has 0 bridgehead atoms. The highest BCUT2D eigenvalue weighted by molar-refractivity contribution is 9.42. The summed E-state index contributed by atoms with van der Waals surface area (Å²) >= 11 is 38.4. The maximum atomic E-state index is 3.98. The van der Waals surface area contributed by atoms with Crippen molar-refractivity contribution < 1.29 is 0 Å². The van der Waals surface area contributed by atoms with Gasteiger partial charge in [0, 0.05) is 0 Å². The van der Waals surface area contributed by atoms with Gasteiger partial charge in [0.2, 0.25) is 0 Å². The molecule has 0 radical (unpaired) electrons. The predicted octanol–water partition coefficient (Wildman–Crippen LogP) is 10.6. The minimum atomic E-state index is -0.809. The van der Waals surface area contributed by atoms with Gasteiger partial charge >= 0.3 is 0 Å². The van der Waals surface area contributed by atoms with Gasteiger partial charge in [0.05, 0.1) is 5.41 Å². The first kappa shape index (κ1) is 26.5. The molecule has 2 aromatic rings. The topological polar surface area (TPSA) is 0 Å². The molecule has 0 N–H and O–H groups in total. The summed E-state index contributed by atoms with van der Waals surface area (Å²) in [6, 6.07) is 20.5. The zero-order valence-corrected chi connectivity index (χ0v) is 28.9. The Labute approximate surface area is 243 Å². The van der Waals surface area contributed by atoms with Gasteiger partial charge in [-0.15, -0.1) is 0 Å². The minimum absolute atomic E-state index is 0.739. The Morgan fingerprint density at radius 2 is 0.667 bits per heavy atom. The van der Waals surface area contributed by atoms with Gasteiger partial charge in [-0.25, -0.2) is 0 Å². The third-order valence-corrected chi connectivity index (χ3v) is 18.8. The summed E-state index contributed by atoms with van der Waals surface area (Å²) < 4.78 is -3.10. The van der Waals surface area contributed by atoms with E-state index in [0.29, 0.717) is 0 Å². The largest absolute Gasteiger partial charge is 0.161 e. The normalized spacial score (nSPS) is 14.3. The van der Waals surface area contributed by atoms with Crippen LogP contribution in [0.5, 0.6) is 0 Å². The van der Waals surface area contributed by atoms with Crippen LogP contribution >= 0.6 is 159 Å². The van der Waals surface area contributed by atoms with E-state index in [0.717, 1.165) is 11.1 Å². The van der Waals surface area contributed by atoms with E-state index in [9.17, 15) is 0 Å². The van der Waals surface area contributed by atoms with Gasteiger partial charge in [-0.1, -0.05) is 220 Å². The fourth-order valence-corrected chi connectivity index (χ4v) is 8.76. The third-order valence-electron chi connectivity index (χ3n) is 4.07. The van der Waals surface area contributed by atoms with Crippen molar-refractivity contribution in [2.75, 3.05) is 0 Å². The van der Waals surface area contributed by atoms with Crippen LogP contribution in [-0.2, 0) is 5.41 Å². The quantitative estimate of drug-likeness (QED) is 0.268. The molecule has 0 nitrogen and oxygen atoms in total. The third kappa shape index (κ3) is 4.80. The molecular formula is C17H10Br10. The van der Waals surface area contributed by atoms with Crippen LogP contribution in [0, 0.1) is 0 Å². The number of halogens is 10. The monoisotopic (exact) mass is 1000 g/mol. The van der Waals surface area contributed by atoms with Crippen molar-refractivity contribution in [3.8, 4) is 0 Å². The molecule has 0 aliphatic rings. The van der Waals surface area contributed by atoms with E-state index in [-0.39, 0.29) is 0 Å². The van der Waals surface area contributed by atoms with Gasteiger partial charge in [0.25, 0.3) is 0 Å². The van der Waals surface area contributed by atoms with Crippen LogP contribution in [0.25, 0.3) is 0 Å². The zero-order chi connectivity index (χ0) is 20.7. The Morgan fingerprint density at radius 1 is 0.407 bits per heavy atom. The Morgan fingerprint density at radius 3 is 0.889 bits per heavy atom. The molecule has 0 fully saturated rings.